The van der Waals surface area contributed by atoms with E-state index in [0.717, 1.165) is 0 Å². The summed E-state index contributed by atoms with van der Waals surface area (Å²) in [6, 6.07) is 0. The predicted octanol–water partition coefficient (Wildman–Crippen LogP) is 1.61. The lowest BCUT2D eigenvalue weighted by molar-refractivity contribution is 0.844. The third-order valence-electron chi connectivity index (χ3n) is 0.928. The van der Waals surface area contributed by atoms with Gasteiger partial charge in [-0.15, -0.1) is 0 Å². The second-order valence-electron chi connectivity index (χ2n) is 1.56. The van der Waals surface area contributed by atoms with Gasteiger partial charge in [0.1, 0.15) is 0 Å². The van der Waals surface area contributed by atoms with Crippen LogP contribution in [0.15, 0.2) is 24.2 Å². The molecule has 2 heteroatoms. The zero-order valence-electron chi connectivity index (χ0n) is 3.97. The minimum atomic E-state index is -0.731. The van der Waals surface area contributed by atoms with Crippen molar-refractivity contribution in [3.63, 3.8) is 0 Å². The molecule has 1 rings (SSSR count). The molecule has 0 unspecified atom stereocenters. The molecule has 36 valence electrons. The van der Waals surface area contributed by atoms with Crippen LogP contribution < -0.4 is 0 Å². The quantitative estimate of drug-likeness (QED) is 0.402. The molecule has 0 atom stereocenters. The first-order valence-corrected chi connectivity index (χ1v) is 2.37. The van der Waals surface area contributed by atoms with E-state index in [1.165, 1.54) is 0 Å². The van der Waals surface area contributed by atoms with Crippen molar-refractivity contribution in [3.8, 4) is 0 Å². The summed E-state index contributed by atoms with van der Waals surface area (Å²) >= 11 is 0. The molecule has 0 fully saturated rings. The Bertz CT molecular complexity index is 107. The highest BCUT2D eigenvalue weighted by molar-refractivity contribution is 6.57. The van der Waals surface area contributed by atoms with E-state index in [2.05, 4.69) is 0 Å². The van der Waals surface area contributed by atoms with E-state index in [1.807, 2.05) is 12.2 Å². The molecule has 0 saturated heterocycles. The van der Waals surface area contributed by atoms with E-state index in [-0.39, 0.29) is 0 Å². The van der Waals surface area contributed by atoms with Crippen LogP contribution >= 0.6 is 0 Å². The van der Waals surface area contributed by atoms with Crippen LogP contribution in [0.25, 0.3) is 0 Å². The van der Waals surface area contributed by atoms with Crippen molar-refractivity contribution >= 4 is 6.99 Å². The largest absolute Gasteiger partial charge is 0.377 e. The maximum absolute atomic E-state index is 12.0. The van der Waals surface area contributed by atoms with Crippen LogP contribution in [0, 0.1) is 0 Å². The summed E-state index contributed by atoms with van der Waals surface area (Å²) in [6.07, 6.45) is 5.96. The molecule has 0 spiro atoms. The summed E-state index contributed by atoms with van der Waals surface area (Å²) < 4.78 is 12.0. The van der Waals surface area contributed by atoms with Crippen LogP contribution in [0.1, 0.15) is 0 Å². The molecule has 0 radical (unpaired) electrons. The fraction of sp³-hybridized carbons (Fsp3) is 0.200. The normalized spacial score (nSPS) is 18.1. The zero-order valence-corrected chi connectivity index (χ0v) is 3.97. The lowest BCUT2D eigenvalue weighted by Gasteiger charge is -1.93. The minimum Gasteiger partial charge on any atom is -0.330 e. The van der Waals surface area contributed by atoms with Crippen molar-refractivity contribution in [3.05, 3.63) is 24.2 Å². The molecular formula is C5H6BF. The summed E-state index contributed by atoms with van der Waals surface area (Å²) in [4.78, 5) is 0. The van der Waals surface area contributed by atoms with Gasteiger partial charge in [0.25, 0.3) is 0 Å². The van der Waals surface area contributed by atoms with Crippen LogP contribution in [-0.2, 0) is 0 Å². The molecule has 0 bridgehead atoms. The highest BCUT2D eigenvalue weighted by atomic mass is 19.1. The van der Waals surface area contributed by atoms with E-state index in [0.29, 0.717) is 6.32 Å². The van der Waals surface area contributed by atoms with Crippen LogP contribution in [0.4, 0.5) is 4.32 Å². The predicted molar refractivity (Wildman–Crippen MR) is 29.9 cm³/mol. The van der Waals surface area contributed by atoms with Crippen molar-refractivity contribution in [2.24, 2.45) is 0 Å². The van der Waals surface area contributed by atoms with Gasteiger partial charge in [-0.2, -0.15) is 0 Å². The zero-order chi connectivity index (χ0) is 5.11. The van der Waals surface area contributed by atoms with Gasteiger partial charge >= 0.3 is 6.99 Å². The standard InChI is InChI=1S/C5H6BF/c7-6-4-2-1-3-5-6/h1-4H,5H2. The molecule has 0 aromatic heterocycles. The monoisotopic (exact) mass is 96.1 g/mol. The van der Waals surface area contributed by atoms with Gasteiger partial charge in [0.2, 0.25) is 0 Å². The first kappa shape index (κ1) is 4.63. The Morgan fingerprint density at radius 1 is 1.43 bits per heavy atom. The van der Waals surface area contributed by atoms with Gasteiger partial charge in [-0.25, -0.2) is 0 Å². The SMILES string of the molecule is FB1C=CC=CC1. The third-order valence-corrected chi connectivity index (χ3v) is 0.928. The van der Waals surface area contributed by atoms with Crippen LogP contribution in [0.5, 0.6) is 0 Å². The molecule has 1 aliphatic heterocycles. The van der Waals surface area contributed by atoms with E-state index in [1.54, 1.807) is 12.1 Å². The van der Waals surface area contributed by atoms with Crippen LogP contribution in [-0.4, -0.2) is 6.99 Å². The minimum absolute atomic E-state index is 0.552. The highest BCUT2D eigenvalue weighted by Gasteiger charge is 2.06. The number of hydrogen-bond acceptors (Lipinski definition) is 0. The number of rotatable bonds is 0. The van der Waals surface area contributed by atoms with E-state index in [9.17, 15) is 4.32 Å². The average molecular weight is 95.9 g/mol. The molecule has 1 aliphatic rings. The number of halogens is 1. The van der Waals surface area contributed by atoms with E-state index < -0.39 is 6.99 Å². The molecule has 0 aromatic rings. The van der Waals surface area contributed by atoms with Gasteiger partial charge in [0.15, 0.2) is 0 Å². The van der Waals surface area contributed by atoms with Gasteiger partial charge in [-0.1, -0.05) is 24.2 Å². The highest BCUT2D eigenvalue weighted by Crippen LogP contribution is 2.02. The summed E-state index contributed by atoms with van der Waals surface area (Å²) in [5.41, 5.74) is 0. The van der Waals surface area contributed by atoms with Gasteiger partial charge in [0.05, 0.1) is 0 Å². The Labute approximate surface area is 42.9 Å². The van der Waals surface area contributed by atoms with Crippen molar-refractivity contribution in [1.29, 1.82) is 0 Å². The Balaban J connectivity index is 2.49. The molecule has 0 aliphatic carbocycles. The maximum atomic E-state index is 12.0. The molecule has 1 heterocycles. The van der Waals surface area contributed by atoms with Gasteiger partial charge < -0.3 is 4.32 Å². The molecule has 0 N–H and O–H groups in total. The first-order valence-electron chi connectivity index (χ1n) is 2.37. The second-order valence-corrected chi connectivity index (χ2v) is 1.56. The average Bonchev–Trinajstić information content (AvgIpc) is 1.69. The second kappa shape index (κ2) is 1.96. The van der Waals surface area contributed by atoms with Crippen molar-refractivity contribution < 1.29 is 4.32 Å². The Hall–Kier alpha value is -0.525. The Morgan fingerprint density at radius 2 is 2.29 bits per heavy atom. The summed E-state index contributed by atoms with van der Waals surface area (Å²) in [7, 11) is 0. The molecule has 7 heavy (non-hydrogen) atoms. The molecular weight excluding hydrogens is 89.9 g/mol. The van der Waals surface area contributed by atoms with Crippen molar-refractivity contribution in [2.75, 3.05) is 0 Å². The van der Waals surface area contributed by atoms with Crippen molar-refractivity contribution in [2.45, 2.75) is 6.32 Å². The fourth-order valence-corrected chi connectivity index (χ4v) is 0.550. The molecule has 0 nitrogen and oxygen atoms in total. The lowest BCUT2D eigenvalue weighted by Crippen LogP contribution is -1.99. The fourth-order valence-electron chi connectivity index (χ4n) is 0.550. The van der Waals surface area contributed by atoms with Gasteiger partial charge in [0, 0.05) is 0 Å². The molecule has 0 saturated carbocycles. The number of allylic oxidation sites excluding steroid dienone is 3. The Kier molecular flexibility index (Phi) is 1.30. The lowest BCUT2D eigenvalue weighted by atomic mass is 9.66. The van der Waals surface area contributed by atoms with Gasteiger partial charge in [-0.3, -0.25) is 0 Å². The van der Waals surface area contributed by atoms with Crippen molar-refractivity contribution in [1.82, 2.24) is 0 Å². The number of hydrogen-bond donors (Lipinski definition) is 0. The maximum Gasteiger partial charge on any atom is 0.377 e. The molecule has 0 aromatic carbocycles. The smallest absolute Gasteiger partial charge is 0.330 e. The summed E-state index contributed by atoms with van der Waals surface area (Å²) in [6.45, 7) is -0.731. The molecule has 0 amide bonds. The van der Waals surface area contributed by atoms with Gasteiger partial charge in [-0.05, 0) is 6.32 Å². The third kappa shape index (κ3) is 1.18. The van der Waals surface area contributed by atoms with Crippen LogP contribution in [0.2, 0.25) is 6.32 Å². The van der Waals surface area contributed by atoms with E-state index in [4.69, 9.17) is 0 Å². The first-order chi connectivity index (χ1) is 3.39. The topological polar surface area (TPSA) is 0 Å². The summed E-state index contributed by atoms with van der Waals surface area (Å²) in [5, 5.41) is 0. The van der Waals surface area contributed by atoms with Crippen LogP contribution in [0.3, 0.4) is 0 Å². The van der Waals surface area contributed by atoms with E-state index >= 15 is 0 Å². The Morgan fingerprint density at radius 3 is 2.57 bits per heavy atom. The summed E-state index contributed by atoms with van der Waals surface area (Å²) in [5.74, 6) is 1.56.